The van der Waals surface area contributed by atoms with Gasteiger partial charge in [-0.1, -0.05) is 24.6 Å². The van der Waals surface area contributed by atoms with Crippen LogP contribution in [0.5, 0.6) is 5.75 Å². The summed E-state index contributed by atoms with van der Waals surface area (Å²) < 4.78 is 5.14. The molecule has 0 spiro atoms. The average molecular weight is 461 g/mol. The van der Waals surface area contributed by atoms with Crippen LogP contribution in [0.1, 0.15) is 42.1 Å². The molecule has 2 aromatic carbocycles. The third kappa shape index (κ3) is 14.4. The van der Waals surface area contributed by atoms with Gasteiger partial charge in [-0.05, 0) is 68.2 Å². The highest BCUT2D eigenvalue weighted by molar-refractivity contribution is 5.89. The maximum absolute atomic E-state index is 10.6. The fourth-order valence-corrected chi connectivity index (χ4v) is 2.55. The van der Waals surface area contributed by atoms with Gasteiger partial charge in [0.1, 0.15) is 18.1 Å². The molecular weight excluding hydrogens is 424 g/mol. The van der Waals surface area contributed by atoms with Crippen molar-refractivity contribution in [3.05, 3.63) is 59.7 Å². The second-order valence-corrected chi connectivity index (χ2v) is 7.00. The number of ether oxygens (including phenoxy) is 1. The van der Waals surface area contributed by atoms with Gasteiger partial charge in [0.2, 0.25) is 5.91 Å². The van der Waals surface area contributed by atoms with Crippen molar-refractivity contribution in [3.8, 4) is 5.75 Å². The van der Waals surface area contributed by atoms with Crippen LogP contribution in [0.3, 0.4) is 0 Å². The Morgan fingerprint density at radius 3 is 2.18 bits per heavy atom. The number of aldehydes is 1. The zero-order valence-corrected chi connectivity index (χ0v) is 19.3. The summed E-state index contributed by atoms with van der Waals surface area (Å²) in [6.07, 6.45) is 3.80. The minimum Gasteiger partial charge on any atom is -0.496 e. The van der Waals surface area contributed by atoms with Crippen molar-refractivity contribution < 1.29 is 24.2 Å². The van der Waals surface area contributed by atoms with Crippen LogP contribution in [-0.4, -0.2) is 49.5 Å². The Hall–Kier alpha value is -3.27. The van der Waals surface area contributed by atoms with Gasteiger partial charge < -0.3 is 32.4 Å². The van der Waals surface area contributed by atoms with Crippen LogP contribution in [0.4, 0.5) is 5.69 Å². The van der Waals surface area contributed by atoms with Crippen LogP contribution in [0, 0.1) is 0 Å². The molecule has 1 amide bonds. The quantitative estimate of drug-likeness (QED) is 0.265. The Balaban J connectivity index is 0.000000468. The summed E-state index contributed by atoms with van der Waals surface area (Å²) >= 11 is 0. The molecule has 0 aliphatic rings. The van der Waals surface area contributed by atoms with Crippen LogP contribution < -0.4 is 27.3 Å². The van der Waals surface area contributed by atoms with Crippen molar-refractivity contribution in [1.29, 1.82) is 0 Å². The van der Waals surface area contributed by atoms with E-state index in [-0.39, 0.29) is 5.91 Å². The summed E-state index contributed by atoms with van der Waals surface area (Å²) in [4.78, 5) is 31.0. The molecule has 9 heteroatoms. The van der Waals surface area contributed by atoms with E-state index in [0.717, 1.165) is 31.3 Å². The van der Waals surface area contributed by atoms with E-state index in [9.17, 15) is 14.4 Å². The molecule has 0 aliphatic heterocycles. The van der Waals surface area contributed by atoms with Crippen molar-refractivity contribution in [2.45, 2.75) is 38.6 Å². The normalized spacial score (nSPS) is 10.5. The van der Waals surface area contributed by atoms with Gasteiger partial charge in [0.05, 0.1) is 7.11 Å². The Morgan fingerprint density at radius 1 is 1.06 bits per heavy atom. The number of amides is 1. The number of hydrogen-bond acceptors (Lipinski definition) is 7. The number of rotatable bonds is 10. The number of anilines is 1. The highest BCUT2D eigenvalue weighted by Gasteiger charge is 2.09. The number of unbranched alkanes of at least 4 members (excludes halogenated alkanes) is 1. The van der Waals surface area contributed by atoms with Crippen molar-refractivity contribution in [1.82, 2.24) is 0 Å². The molecule has 1 atom stereocenters. The summed E-state index contributed by atoms with van der Waals surface area (Å²) in [6.45, 7) is 2.71. The SMILES string of the molecule is CC(=O)Nc1ccc(C=O)cc1.COc1ccccc1CCN.NCCCC[C@H](N)C(=O)O. The summed E-state index contributed by atoms with van der Waals surface area (Å²) in [5.74, 6) is -0.121. The average Bonchev–Trinajstić information content (AvgIpc) is 2.80. The lowest BCUT2D eigenvalue weighted by Crippen LogP contribution is -2.29. The fourth-order valence-electron chi connectivity index (χ4n) is 2.55. The summed E-state index contributed by atoms with van der Waals surface area (Å²) in [5, 5.41) is 10.9. The maximum atomic E-state index is 10.6. The number of carbonyl (C=O) groups is 3. The molecule has 0 radical (unpaired) electrons. The van der Waals surface area contributed by atoms with E-state index in [1.807, 2.05) is 24.3 Å². The number of benzene rings is 2. The number of carboxylic acids is 1. The van der Waals surface area contributed by atoms with Crippen LogP contribution in [0.2, 0.25) is 0 Å². The van der Waals surface area contributed by atoms with E-state index in [0.29, 0.717) is 30.8 Å². The van der Waals surface area contributed by atoms with Crippen molar-refractivity contribution in [3.63, 3.8) is 0 Å². The summed E-state index contributed by atoms with van der Waals surface area (Å²) in [6, 6.07) is 13.9. The minimum absolute atomic E-state index is 0.117. The van der Waals surface area contributed by atoms with E-state index >= 15 is 0 Å². The first kappa shape index (κ1) is 29.7. The third-order valence-electron chi connectivity index (χ3n) is 4.26. The lowest BCUT2D eigenvalue weighted by molar-refractivity contribution is -0.138. The highest BCUT2D eigenvalue weighted by Crippen LogP contribution is 2.16. The minimum atomic E-state index is -0.933. The predicted octanol–water partition coefficient (Wildman–Crippen LogP) is 2.18. The number of para-hydroxylation sites is 1. The molecule has 2 rings (SSSR count). The molecular formula is C24H36N4O5. The molecule has 2 aromatic rings. The van der Waals surface area contributed by atoms with Gasteiger partial charge >= 0.3 is 5.97 Å². The first-order valence-corrected chi connectivity index (χ1v) is 10.6. The van der Waals surface area contributed by atoms with Gasteiger partial charge in [-0.25, -0.2) is 0 Å². The molecule has 0 bridgehead atoms. The zero-order chi connectivity index (χ0) is 25.1. The van der Waals surface area contributed by atoms with Gasteiger partial charge in [-0.2, -0.15) is 0 Å². The first-order chi connectivity index (χ1) is 15.8. The number of nitrogens with two attached hydrogens (primary N) is 3. The molecule has 33 heavy (non-hydrogen) atoms. The molecule has 9 nitrogen and oxygen atoms in total. The lowest BCUT2D eigenvalue weighted by Gasteiger charge is -2.05. The molecule has 0 saturated heterocycles. The predicted molar refractivity (Wildman–Crippen MR) is 130 cm³/mol. The number of carbonyl (C=O) groups excluding carboxylic acids is 2. The number of hydrogen-bond donors (Lipinski definition) is 5. The molecule has 0 unspecified atom stereocenters. The van der Waals surface area contributed by atoms with Gasteiger partial charge in [-0.3, -0.25) is 14.4 Å². The van der Waals surface area contributed by atoms with Crippen LogP contribution in [0.25, 0.3) is 0 Å². The number of methoxy groups -OCH3 is 1. The van der Waals surface area contributed by atoms with Crippen molar-refractivity contribution in [2.24, 2.45) is 17.2 Å². The Labute approximate surface area is 195 Å². The Morgan fingerprint density at radius 2 is 1.70 bits per heavy atom. The Kier molecular flexibility index (Phi) is 16.5. The van der Waals surface area contributed by atoms with E-state index in [2.05, 4.69) is 5.32 Å². The van der Waals surface area contributed by atoms with E-state index in [1.54, 1.807) is 31.4 Å². The molecule has 0 aliphatic carbocycles. The van der Waals surface area contributed by atoms with Gasteiger partial charge in [-0.15, -0.1) is 0 Å². The van der Waals surface area contributed by atoms with E-state index in [1.165, 1.54) is 12.5 Å². The zero-order valence-electron chi connectivity index (χ0n) is 19.3. The van der Waals surface area contributed by atoms with Crippen molar-refractivity contribution >= 4 is 23.9 Å². The highest BCUT2D eigenvalue weighted by atomic mass is 16.5. The van der Waals surface area contributed by atoms with E-state index < -0.39 is 12.0 Å². The number of nitrogens with one attached hydrogen (secondary N) is 1. The second kappa shape index (κ2) is 18.3. The number of carboxylic acid groups (broad SMARTS) is 1. The standard InChI is InChI=1S/C9H9NO2.C9H13NO.C6H14N2O2/c1-7(12)10-9-4-2-8(6-11)3-5-9;1-11-9-5-3-2-4-8(9)6-7-10;7-4-2-1-3-5(8)6(9)10/h2-6H,1H3,(H,10,12);2-5H,6-7,10H2,1H3;5H,1-4,7-8H2,(H,9,10)/t;;5-/m..0/s1. The number of aliphatic carboxylic acids is 1. The van der Waals surface area contributed by atoms with Crippen molar-refractivity contribution in [2.75, 3.05) is 25.5 Å². The van der Waals surface area contributed by atoms with Crippen LogP contribution >= 0.6 is 0 Å². The van der Waals surface area contributed by atoms with Gasteiger partial charge in [0.15, 0.2) is 0 Å². The summed E-state index contributed by atoms with van der Waals surface area (Å²) in [5.41, 5.74) is 18.3. The van der Waals surface area contributed by atoms with Crippen LogP contribution in [0.15, 0.2) is 48.5 Å². The lowest BCUT2D eigenvalue weighted by atomic mass is 10.1. The Bertz CT molecular complexity index is 828. The third-order valence-corrected chi connectivity index (χ3v) is 4.26. The maximum Gasteiger partial charge on any atom is 0.320 e. The molecule has 8 N–H and O–H groups in total. The largest absolute Gasteiger partial charge is 0.496 e. The van der Waals surface area contributed by atoms with Gasteiger partial charge in [0, 0.05) is 18.2 Å². The smallest absolute Gasteiger partial charge is 0.320 e. The molecule has 182 valence electrons. The molecule has 0 fully saturated rings. The first-order valence-electron chi connectivity index (χ1n) is 10.6. The molecule has 0 saturated carbocycles. The van der Waals surface area contributed by atoms with Gasteiger partial charge in [0.25, 0.3) is 0 Å². The molecule has 0 heterocycles. The second-order valence-electron chi connectivity index (χ2n) is 7.00. The van der Waals surface area contributed by atoms with Crippen LogP contribution in [-0.2, 0) is 16.0 Å². The van der Waals surface area contributed by atoms with E-state index in [4.69, 9.17) is 27.0 Å². The fraction of sp³-hybridized carbons (Fsp3) is 0.375. The molecule has 0 aromatic heterocycles. The summed E-state index contributed by atoms with van der Waals surface area (Å²) in [7, 11) is 1.68. The monoisotopic (exact) mass is 460 g/mol. The topological polar surface area (TPSA) is 171 Å².